The minimum Gasteiger partial charge on any atom is -0.463 e. The number of carbonyl (C=O) groups excluding carboxylic acids is 1. The second kappa shape index (κ2) is 10.3. The minimum absolute atomic E-state index is 0.213. The fraction of sp³-hybridized carbons (Fsp3) is 0.923. The van der Waals surface area contributed by atoms with E-state index in [-0.39, 0.29) is 12.6 Å². The van der Waals surface area contributed by atoms with E-state index >= 15 is 0 Å². The van der Waals surface area contributed by atoms with Crippen molar-refractivity contribution in [3.8, 4) is 0 Å². The average molecular weight is 261 g/mol. The van der Waals surface area contributed by atoms with Crippen LogP contribution in [0.4, 0.5) is 0 Å². The number of esters is 1. The summed E-state index contributed by atoms with van der Waals surface area (Å²) < 4.78 is 15.4. The lowest BCUT2D eigenvalue weighted by molar-refractivity contribution is -0.157. The summed E-state index contributed by atoms with van der Waals surface area (Å²) in [5.41, 5.74) is 5.14. The highest BCUT2D eigenvalue weighted by molar-refractivity contribution is 5.77. The molecule has 0 aliphatic rings. The molecule has 0 fully saturated rings. The Balaban J connectivity index is 3.75. The quantitative estimate of drug-likeness (QED) is 0.449. The van der Waals surface area contributed by atoms with E-state index in [1.807, 2.05) is 13.8 Å². The average Bonchev–Trinajstić information content (AvgIpc) is 2.40. The number of rotatable bonds is 11. The molecule has 0 aromatic rings. The smallest absolute Gasteiger partial charge is 0.313 e. The molecule has 0 amide bonds. The van der Waals surface area contributed by atoms with Crippen molar-refractivity contribution in [2.24, 2.45) is 11.1 Å². The zero-order chi connectivity index (χ0) is 13.9. The number of methoxy groups -OCH3 is 1. The maximum atomic E-state index is 11.9. The van der Waals surface area contributed by atoms with Crippen LogP contribution in [0.25, 0.3) is 0 Å². The first kappa shape index (κ1) is 17.4. The van der Waals surface area contributed by atoms with Crippen LogP contribution >= 0.6 is 0 Å². The van der Waals surface area contributed by atoms with Gasteiger partial charge in [-0.3, -0.25) is 4.79 Å². The van der Waals surface area contributed by atoms with Crippen LogP contribution in [0.1, 0.15) is 33.1 Å². The van der Waals surface area contributed by atoms with Crippen LogP contribution < -0.4 is 5.73 Å². The summed E-state index contributed by atoms with van der Waals surface area (Å²) in [4.78, 5) is 11.9. The Labute approximate surface area is 110 Å². The van der Waals surface area contributed by atoms with Crippen LogP contribution in [0.3, 0.4) is 0 Å². The number of hydrogen-bond acceptors (Lipinski definition) is 5. The van der Waals surface area contributed by atoms with Crippen molar-refractivity contribution in [1.82, 2.24) is 0 Å². The van der Waals surface area contributed by atoms with Gasteiger partial charge in [0, 0.05) is 26.9 Å². The predicted molar refractivity (Wildman–Crippen MR) is 70.3 cm³/mol. The molecule has 0 heterocycles. The highest BCUT2D eigenvalue weighted by atomic mass is 16.6. The first-order valence-electron chi connectivity index (χ1n) is 6.60. The van der Waals surface area contributed by atoms with Crippen molar-refractivity contribution in [2.45, 2.75) is 33.1 Å². The summed E-state index contributed by atoms with van der Waals surface area (Å²) >= 11 is 0. The van der Waals surface area contributed by atoms with Crippen molar-refractivity contribution in [1.29, 1.82) is 0 Å². The molecule has 0 aromatic carbocycles. The van der Waals surface area contributed by atoms with Gasteiger partial charge in [0.2, 0.25) is 0 Å². The van der Waals surface area contributed by atoms with Gasteiger partial charge < -0.3 is 19.9 Å². The van der Waals surface area contributed by atoms with Crippen LogP contribution in [-0.4, -0.2) is 46.1 Å². The Hall–Kier alpha value is -0.650. The second-order valence-electron chi connectivity index (χ2n) is 4.29. The second-order valence-corrected chi connectivity index (χ2v) is 4.29. The van der Waals surface area contributed by atoms with Gasteiger partial charge in [0.15, 0.2) is 0 Å². The largest absolute Gasteiger partial charge is 0.463 e. The Morgan fingerprint density at radius 2 is 1.78 bits per heavy atom. The Kier molecular flexibility index (Phi) is 9.92. The molecule has 0 saturated heterocycles. The van der Waals surface area contributed by atoms with Crippen molar-refractivity contribution in [2.75, 3.05) is 40.1 Å². The molecular weight excluding hydrogens is 234 g/mol. The molecule has 5 nitrogen and oxygen atoms in total. The summed E-state index contributed by atoms with van der Waals surface area (Å²) in [5, 5.41) is 0. The molecule has 0 rings (SSSR count). The van der Waals surface area contributed by atoms with E-state index in [2.05, 4.69) is 0 Å². The lowest BCUT2D eigenvalue weighted by Crippen LogP contribution is -2.39. The van der Waals surface area contributed by atoms with Gasteiger partial charge in [0.25, 0.3) is 0 Å². The topological polar surface area (TPSA) is 70.8 Å². The fourth-order valence-corrected chi connectivity index (χ4v) is 1.66. The number of ether oxygens (including phenoxy) is 3. The van der Waals surface area contributed by atoms with Gasteiger partial charge in [-0.15, -0.1) is 0 Å². The van der Waals surface area contributed by atoms with Gasteiger partial charge in [-0.1, -0.05) is 13.8 Å². The Morgan fingerprint density at radius 1 is 1.11 bits per heavy atom. The molecule has 18 heavy (non-hydrogen) atoms. The van der Waals surface area contributed by atoms with E-state index in [0.717, 1.165) is 6.42 Å². The van der Waals surface area contributed by atoms with Gasteiger partial charge in [-0.25, -0.2) is 0 Å². The third-order valence-electron chi connectivity index (χ3n) is 3.28. The van der Waals surface area contributed by atoms with E-state index in [1.165, 1.54) is 0 Å². The van der Waals surface area contributed by atoms with Crippen molar-refractivity contribution >= 4 is 5.97 Å². The lowest BCUT2D eigenvalue weighted by atomic mass is 9.82. The zero-order valence-electron chi connectivity index (χ0n) is 11.9. The van der Waals surface area contributed by atoms with Crippen LogP contribution in [-0.2, 0) is 19.0 Å². The summed E-state index contributed by atoms with van der Waals surface area (Å²) in [6, 6.07) is 0. The number of hydrogen-bond donors (Lipinski definition) is 1. The minimum atomic E-state index is -0.532. The predicted octanol–water partition coefficient (Wildman–Crippen LogP) is 1.35. The molecule has 0 aliphatic heterocycles. The van der Waals surface area contributed by atoms with Gasteiger partial charge in [-0.05, 0) is 19.3 Å². The Bertz CT molecular complexity index is 209. The molecule has 0 spiro atoms. The molecule has 0 unspecified atom stereocenters. The summed E-state index contributed by atoms with van der Waals surface area (Å²) in [7, 11) is 1.66. The van der Waals surface area contributed by atoms with Crippen LogP contribution in [0, 0.1) is 5.41 Å². The lowest BCUT2D eigenvalue weighted by Gasteiger charge is -2.27. The van der Waals surface area contributed by atoms with Crippen LogP contribution in [0.2, 0.25) is 0 Å². The van der Waals surface area contributed by atoms with Gasteiger partial charge >= 0.3 is 5.97 Å². The Morgan fingerprint density at radius 3 is 2.28 bits per heavy atom. The monoisotopic (exact) mass is 261 g/mol. The highest BCUT2D eigenvalue weighted by Gasteiger charge is 2.34. The maximum absolute atomic E-state index is 11.9. The van der Waals surface area contributed by atoms with E-state index in [4.69, 9.17) is 19.9 Å². The van der Waals surface area contributed by atoms with Crippen LogP contribution in [0.5, 0.6) is 0 Å². The van der Waals surface area contributed by atoms with Gasteiger partial charge in [0.1, 0.15) is 6.61 Å². The van der Waals surface area contributed by atoms with E-state index in [0.29, 0.717) is 39.2 Å². The molecule has 0 radical (unpaired) electrons. The standard InChI is InChI=1S/C13H27NO4/c1-4-13(5-2,11-14)12(15)18-10-9-17-8-6-7-16-3/h4-11,14H2,1-3H3. The number of carbonyl (C=O) groups is 1. The maximum Gasteiger partial charge on any atom is 0.313 e. The van der Waals surface area contributed by atoms with Crippen molar-refractivity contribution < 1.29 is 19.0 Å². The molecule has 0 bridgehead atoms. The van der Waals surface area contributed by atoms with Crippen molar-refractivity contribution in [3.05, 3.63) is 0 Å². The number of nitrogens with two attached hydrogens (primary N) is 1. The molecule has 0 saturated carbocycles. The molecule has 0 aliphatic carbocycles. The van der Waals surface area contributed by atoms with Crippen molar-refractivity contribution in [3.63, 3.8) is 0 Å². The summed E-state index contributed by atoms with van der Waals surface area (Å²) in [5.74, 6) is -0.213. The first-order valence-corrected chi connectivity index (χ1v) is 6.60. The molecule has 0 aromatic heterocycles. The fourth-order valence-electron chi connectivity index (χ4n) is 1.66. The molecule has 2 N–H and O–H groups in total. The van der Waals surface area contributed by atoms with E-state index < -0.39 is 5.41 Å². The summed E-state index contributed by atoms with van der Waals surface area (Å²) in [6.07, 6.45) is 2.25. The van der Waals surface area contributed by atoms with E-state index in [9.17, 15) is 4.79 Å². The third-order valence-corrected chi connectivity index (χ3v) is 3.28. The molecular formula is C13H27NO4. The third kappa shape index (κ3) is 5.80. The molecule has 0 atom stereocenters. The molecule has 108 valence electrons. The SMILES string of the molecule is CCC(CC)(CN)C(=O)OCCOCCCOC. The van der Waals surface area contributed by atoms with Gasteiger partial charge in [-0.2, -0.15) is 0 Å². The highest BCUT2D eigenvalue weighted by Crippen LogP contribution is 2.26. The molecule has 5 heteroatoms. The summed E-state index contributed by atoms with van der Waals surface area (Å²) in [6.45, 7) is 6.25. The van der Waals surface area contributed by atoms with Gasteiger partial charge in [0.05, 0.1) is 12.0 Å². The zero-order valence-corrected chi connectivity index (χ0v) is 11.9. The van der Waals surface area contributed by atoms with E-state index in [1.54, 1.807) is 7.11 Å². The first-order chi connectivity index (χ1) is 8.66. The normalized spacial score (nSPS) is 11.6. The van der Waals surface area contributed by atoms with Crippen LogP contribution in [0.15, 0.2) is 0 Å².